The lowest BCUT2D eigenvalue weighted by Gasteiger charge is -2.09. The van der Waals surface area contributed by atoms with Crippen LogP contribution in [-0.2, 0) is 11.8 Å². The molecule has 2 aromatic carbocycles. The van der Waals surface area contributed by atoms with Crippen LogP contribution in [0.4, 0.5) is 5.69 Å². The van der Waals surface area contributed by atoms with Crippen molar-refractivity contribution in [2.75, 3.05) is 18.2 Å². The summed E-state index contributed by atoms with van der Waals surface area (Å²) in [7, 11) is 3.43. The molecule has 1 aromatic heterocycles. The maximum absolute atomic E-state index is 12.3. The summed E-state index contributed by atoms with van der Waals surface area (Å²) >= 11 is 19.2. The number of anilines is 1. The SMILES string of the molecule is COc1ccccc1-c1nnc(SCC(=O)Nc2cc(Cl)c(Cl)cc2Cl)n1C. The van der Waals surface area contributed by atoms with Gasteiger partial charge in [0.15, 0.2) is 11.0 Å². The zero-order chi connectivity index (χ0) is 20.3. The Morgan fingerprint density at radius 3 is 2.61 bits per heavy atom. The molecular weight excluding hydrogens is 443 g/mol. The molecule has 0 spiro atoms. The molecule has 10 heteroatoms. The topological polar surface area (TPSA) is 69.0 Å². The summed E-state index contributed by atoms with van der Waals surface area (Å²) in [5.41, 5.74) is 1.22. The van der Waals surface area contributed by atoms with Crippen LogP contribution >= 0.6 is 46.6 Å². The van der Waals surface area contributed by atoms with Gasteiger partial charge < -0.3 is 14.6 Å². The minimum absolute atomic E-state index is 0.120. The number of methoxy groups -OCH3 is 1. The van der Waals surface area contributed by atoms with Crippen molar-refractivity contribution in [3.8, 4) is 17.1 Å². The number of hydrogen-bond donors (Lipinski definition) is 1. The standard InChI is InChI=1S/C18H15Cl3N4O2S/c1-25-17(10-5-3-4-6-15(10)27-2)23-24-18(25)28-9-16(26)22-14-8-12(20)11(19)7-13(14)21/h3-8H,9H2,1-2H3,(H,22,26). The average molecular weight is 458 g/mol. The van der Waals surface area contributed by atoms with Gasteiger partial charge in [-0.05, 0) is 24.3 Å². The summed E-state index contributed by atoms with van der Waals surface area (Å²) in [6, 6.07) is 10.5. The summed E-state index contributed by atoms with van der Waals surface area (Å²) < 4.78 is 7.18. The van der Waals surface area contributed by atoms with Crippen molar-refractivity contribution in [2.45, 2.75) is 5.16 Å². The molecular formula is C18H15Cl3N4O2S. The van der Waals surface area contributed by atoms with Crippen LogP contribution in [0.25, 0.3) is 11.4 Å². The molecule has 0 fully saturated rings. The molecule has 1 N–H and O–H groups in total. The highest BCUT2D eigenvalue weighted by molar-refractivity contribution is 7.99. The number of halogens is 3. The largest absolute Gasteiger partial charge is 0.496 e. The first-order valence-electron chi connectivity index (χ1n) is 8.00. The normalized spacial score (nSPS) is 10.8. The van der Waals surface area contributed by atoms with Crippen LogP contribution in [0.2, 0.25) is 15.1 Å². The van der Waals surface area contributed by atoms with Crippen molar-refractivity contribution >= 4 is 58.2 Å². The predicted octanol–water partition coefficient (Wildman–Crippen LogP) is 5.18. The van der Waals surface area contributed by atoms with E-state index in [1.807, 2.05) is 35.9 Å². The van der Waals surface area contributed by atoms with E-state index in [2.05, 4.69) is 15.5 Å². The van der Waals surface area contributed by atoms with Gasteiger partial charge >= 0.3 is 0 Å². The molecule has 28 heavy (non-hydrogen) atoms. The van der Waals surface area contributed by atoms with E-state index in [-0.39, 0.29) is 11.7 Å². The molecule has 0 saturated carbocycles. The minimum atomic E-state index is -0.257. The van der Waals surface area contributed by atoms with E-state index in [0.29, 0.717) is 37.5 Å². The molecule has 0 aliphatic heterocycles. The number of thioether (sulfide) groups is 1. The number of amides is 1. The lowest BCUT2D eigenvalue weighted by molar-refractivity contribution is -0.113. The molecule has 3 aromatic rings. The third kappa shape index (κ3) is 4.55. The molecule has 0 aliphatic rings. The van der Waals surface area contributed by atoms with Crippen molar-refractivity contribution in [3.05, 3.63) is 51.5 Å². The number of hydrogen-bond acceptors (Lipinski definition) is 5. The fourth-order valence-electron chi connectivity index (χ4n) is 2.44. The summed E-state index contributed by atoms with van der Waals surface area (Å²) in [5.74, 6) is 1.20. The van der Waals surface area contributed by atoms with Crippen molar-refractivity contribution in [3.63, 3.8) is 0 Å². The fraction of sp³-hybridized carbons (Fsp3) is 0.167. The van der Waals surface area contributed by atoms with Gasteiger partial charge in [-0.1, -0.05) is 58.7 Å². The number of rotatable bonds is 6. The maximum Gasteiger partial charge on any atom is 0.234 e. The van der Waals surface area contributed by atoms with Crippen LogP contribution in [-0.4, -0.2) is 33.5 Å². The van der Waals surface area contributed by atoms with Gasteiger partial charge in [0.05, 0.1) is 39.2 Å². The first-order chi connectivity index (χ1) is 13.4. The van der Waals surface area contributed by atoms with Gasteiger partial charge in [0.25, 0.3) is 0 Å². The Morgan fingerprint density at radius 2 is 1.86 bits per heavy atom. The number of ether oxygens (including phenoxy) is 1. The van der Waals surface area contributed by atoms with E-state index in [1.165, 1.54) is 23.9 Å². The summed E-state index contributed by atoms with van der Waals surface area (Å²) in [5, 5.41) is 12.6. The highest BCUT2D eigenvalue weighted by atomic mass is 35.5. The Labute approximate surface area is 181 Å². The van der Waals surface area contributed by atoms with Crippen LogP contribution < -0.4 is 10.1 Å². The predicted molar refractivity (Wildman–Crippen MR) is 114 cm³/mol. The number of nitrogens with zero attached hydrogens (tertiary/aromatic N) is 3. The van der Waals surface area contributed by atoms with Crippen LogP contribution in [0.1, 0.15) is 0 Å². The van der Waals surface area contributed by atoms with Crippen LogP contribution in [0.5, 0.6) is 5.75 Å². The lowest BCUT2D eigenvalue weighted by atomic mass is 10.2. The smallest absolute Gasteiger partial charge is 0.234 e. The molecule has 0 unspecified atom stereocenters. The average Bonchev–Trinajstić information content (AvgIpc) is 3.04. The summed E-state index contributed by atoms with van der Waals surface area (Å²) in [6.07, 6.45) is 0. The van der Waals surface area contributed by atoms with E-state index in [4.69, 9.17) is 39.5 Å². The van der Waals surface area contributed by atoms with Gasteiger partial charge in [-0.2, -0.15) is 0 Å². The Kier molecular flexibility index (Phi) is 6.72. The first kappa shape index (κ1) is 20.8. The quantitative estimate of drug-likeness (QED) is 0.408. The highest BCUT2D eigenvalue weighted by Gasteiger charge is 2.16. The molecule has 1 heterocycles. The number of aromatic nitrogens is 3. The van der Waals surface area contributed by atoms with Crippen LogP contribution in [0.3, 0.4) is 0 Å². The second kappa shape index (κ2) is 9.05. The molecule has 6 nitrogen and oxygen atoms in total. The van der Waals surface area contributed by atoms with Crippen molar-refractivity contribution in [1.82, 2.24) is 14.8 Å². The van der Waals surface area contributed by atoms with E-state index in [9.17, 15) is 4.79 Å². The number of benzene rings is 2. The molecule has 1 amide bonds. The van der Waals surface area contributed by atoms with Gasteiger partial charge in [0.1, 0.15) is 5.75 Å². The zero-order valence-electron chi connectivity index (χ0n) is 14.9. The molecule has 146 valence electrons. The number of nitrogens with one attached hydrogen (secondary N) is 1. The Morgan fingerprint density at radius 1 is 1.14 bits per heavy atom. The number of para-hydroxylation sites is 1. The summed E-state index contributed by atoms with van der Waals surface area (Å²) in [6.45, 7) is 0. The maximum atomic E-state index is 12.3. The molecule has 0 saturated heterocycles. The Balaban J connectivity index is 1.69. The van der Waals surface area contributed by atoms with Gasteiger partial charge in [0.2, 0.25) is 5.91 Å². The van der Waals surface area contributed by atoms with Crippen LogP contribution in [0.15, 0.2) is 41.6 Å². The number of carbonyl (C=O) groups excluding carboxylic acids is 1. The second-order valence-electron chi connectivity index (χ2n) is 5.65. The van der Waals surface area contributed by atoms with E-state index < -0.39 is 0 Å². The molecule has 0 radical (unpaired) electrons. The van der Waals surface area contributed by atoms with Gasteiger partial charge in [-0.15, -0.1) is 10.2 Å². The monoisotopic (exact) mass is 456 g/mol. The minimum Gasteiger partial charge on any atom is -0.496 e. The zero-order valence-corrected chi connectivity index (χ0v) is 18.0. The van der Waals surface area contributed by atoms with E-state index in [1.54, 1.807) is 7.11 Å². The third-order valence-corrected chi connectivity index (χ3v) is 5.85. The molecule has 0 atom stereocenters. The van der Waals surface area contributed by atoms with Crippen LogP contribution in [0, 0.1) is 0 Å². The molecule has 3 rings (SSSR count). The Hall–Kier alpha value is -1.93. The van der Waals surface area contributed by atoms with E-state index in [0.717, 1.165) is 5.56 Å². The van der Waals surface area contributed by atoms with Gasteiger partial charge in [-0.25, -0.2) is 0 Å². The molecule has 0 aliphatic carbocycles. The Bertz CT molecular complexity index is 1030. The highest BCUT2D eigenvalue weighted by Crippen LogP contribution is 2.33. The van der Waals surface area contributed by atoms with Gasteiger partial charge in [-0.3, -0.25) is 4.79 Å². The van der Waals surface area contributed by atoms with E-state index >= 15 is 0 Å². The van der Waals surface area contributed by atoms with Crippen molar-refractivity contribution in [1.29, 1.82) is 0 Å². The number of carbonyl (C=O) groups is 1. The third-order valence-electron chi connectivity index (χ3n) is 3.80. The second-order valence-corrected chi connectivity index (χ2v) is 7.81. The van der Waals surface area contributed by atoms with Crippen molar-refractivity contribution < 1.29 is 9.53 Å². The van der Waals surface area contributed by atoms with Crippen molar-refractivity contribution in [2.24, 2.45) is 7.05 Å². The molecule has 0 bridgehead atoms. The lowest BCUT2D eigenvalue weighted by Crippen LogP contribution is -2.14. The fourth-order valence-corrected chi connectivity index (χ4v) is 3.74. The first-order valence-corrected chi connectivity index (χ1v) is 10.1. The van der Waals surface area contributed by atoms with Gasteiger partial charge in [0, 0.05) is 7.05 Å². The summed E-state index contributed by atoms with van der Waals surface area (Å²) in [4.78, 5) is 12.3.